The molecule has 2 atom stereocenters. The van der Waals surface area contributed by atoms with E-state index in [0.29, 0.717) is 13.1 Å². The van der Waals surface area contributed by atoms with Gasteiger partial charge in [0.15, 0.2) is 8.32 Å². The van der Waals surface area contributed by atoms with Crippen molar-refractivity contribution in [3.63, 3.8) is 0 Å². The van der Waals surface area contributed by atoms with Crippen LogP contribution in [0.2, 0.25) is 18.1 Å². The van der Waals surface area contributed by atoms with Crippen LogP contribution in [0.4, 0.5) is 4.79 Å². The third kappa shape index (κ3) is 7.78. The average molecular weight is 465 g/mol. The lowest BCUT2D eigenvalue weighted by atomic mass is 9.99. The van der Waals surface area contributed by atoms with E-state index in [-0.39, 0.29) is 23.3 Å². The van der Waals surface area contributed by atoms with Crippen molar-refractivity contribution in [3.05, 3.63) is 29.8 Å². The number of likely N-dealkylation sites (tertiary alicyclic amines) is 1. The smallest absolute Gasteiger partial charge is 0.410 e. The second-order valence-corrected chi connectivity index (χ2v) is 16.1. The van der Waals surface area contributed by atoms with Gasteiger partial charge in [0.1, 0.15) is 11.4 Å². The van der Waals surface area contributed by atoms with Crippen LogP contribution in [-0.2, 0) is 15.7 Å². The number of nitrogens with zero attached hydrogens (tertiary/aromatic N) is 1. The van der Waals surface area contributed by atoms with E-state index in [1.807, 2.05) is 37.8 Å². The maximum absolute atomic E-state index is 12.9. The molecule has 1 saturated heterocycles. The molecule has 0 saturated carbocycles. The molecule has 1 aromatic carbocycles. The van der Waals surface area contributed by atoms with Gasteiger partial charge in [-0.25, -0.2) is 4.79 Å². The van der Waals surface area contributed by atoms with Gasteiger partial charge in [0.05, 0.1) is 7.11 Å². The predicted octanol–water partition coefficient (Wildman–Crippen LogP) is 5.57. The molecule has 0 aromatic heterocycles. The third-order valence-corrected chi connectivity index (χ3v) is 11.0. The Balaban J connectivity index is 2.05. The van der Waals surface area contributed by atoms with Crippen molar-refractivity contribution in [3.8, 4) is 5.75 Å². The Hall–Kier alpha value is -1.57. The molecule has 7 heteroatoms. The molecule has 1 aromatic rings. The van der Waals surface area contributed by atoms with Crippen molar-refractivity contribution >= 4 is 14.4 Å². The topological polar surface area (TPSA) is 60.0 Å². The monoisotopic (exact) mass is 464 g/mol. The average Bonchev–Trinajstić information content (AvgIpc) is 2.66. The van der Waals surface area contributed by atoms with Gasteiger partial charge in [-0.3, -0.25) is 0 Å². The van der Waals surface area contributed by atoms with Crippen molar-refractivity contribution in [2.24, 2.45) is 0 Å². The lowest BCUT2D eigenvalue weighted by Gasteiger charge is -2.45. The zero-order chi connectivity index (χ0) is 24.2. The highest BCUT2D eigenvalue weighted by Crippen LogP contribution is 2.39. The Morgan fingerprint density at radius 1 is 1.12 bits per heavy atom. The predicted molar refractivity (Wildman–Crippen MR) is 133 cm³/mol. The van der Waals surface area contributed by atoms with Crippen LogP contribution in [0, 0.1) is 0 Å². The fraction of sp³-hybridized carbons (Fsp3) is 0.720. The van der Waals surface area contributed by atoms with E-state index in [9.17, 15) is 4.79 Å². The van der Waals surface area contributed by atoms with Crippen LogP contribution in [0.15, 0.2) is 24.3 Å². The first-order valence-electron chi connectivity index (χ1n) is 11.7. The van der Waals surface area contributed by atoms with Gasteiger partial charge < -0.3 is 24.1 Å². The highest BCUT2D eigenvalue weighted by atomic mass is 28.4. The summed E-state index contributed by atoms with van der Waals surface area (Å²) in [6, 6.07) is 8.08. The van der Waals surface area contributed by atoms with E-state index in [0.717, 1.165) is 25.1 Å². The summed E-state index contributed by atoms with van der Waals surface area (Å²) in [7, 11) is -0.199. The van der Waals surface area contributed by atoms with Gasteiger partial charge in [-0.2, -0.15) is 0 Å². The normalized spacial score (nSPS) is 20.2. The number of nitrogens with one attached hydrogen (secondary N) is 1. The molecule has 1 N–H and O–H groups in total. The first-order valence-corrected chi connectivity index (χ1v) is 14.6. The summed E-state index contributed by atoms with van der Waals surface area (Å²) in [5.74, 6) is 0.850. The van der Waals surface area contributed by atoms with Crippen molar-refractivity contribution in [2.75, 3.05) is 20.2 Å². The lowest BCUT2D eigenvalue weighted by molar-refractivity contribution is -0.00569. The summed E-state index contributed by atoms with van der Waals surface area (Å²) in [6.45, 7) is 19.2. The second-order valence-electron chi connectivity index (χ2n) is 11.3. The molecule has 2 rings (SSSR count). The van der Waals surface area contributed by atoms with Crippen molar-refractivity contribution < 1.29 is 18.7 Å². The van der Waals surface area contributed by atoms with E-state index in [1.165, 1.54) is 5.56 Å². The van der Waals surface area contributed by atoms with Gasteiger partial charge in [-0.05, 0) is 69.4 Å². The Labute approximate surface area is 196 Å². The van der Waals surface area contributed by atoms with Crippen LogP contribution in [0.5, 0.6) is 5.75 Å². The largest absolute Gasteiger partial charge is 0.497 e. The highest BCUT2D eigenvalue weighted by molar-refractivity contribution is 6.74. The fourth-order valence-corrected chi connectivity index (χ4v) is 5.00. The number of carbonyl (C=O) groups is 1. The number of piperidine rings is 1. The van der Waals surface area contributed by atoms with Crippen LogP contribution < -0.4 is 10.1 Å². The number of methoxy groups -OCH3 is 1. The minimum absolute atomic E-state index is 0.0339. The molecule has 6 nitrogen and oxygen atoms in total. The van der Waals surface area contributed by atoms with Gasteiger partial charge in [0, 0.05) is 31.8 Å². The van der Waals surface area contributed by atoms with Gasteiger partial charge in [-0.1, -0.05) is 32.9 Å². The number of hydrogen-bond donors (Lipinski definition) is 1. The quantitative estimate of drug-likeness (QED) is 0.534. The first kappa shape index (κ1) is 26.7. The molecule has 0 spiro atoms. The summed E-state index contributed by atoms with van der Waals surface area (Å²) in [4.78, 5) is 14.8. The second kappa shape index (κ2) is 10.6. The van der Waals surface area contributed by atoms with Crippen molar-refractivity contribution in [2.45, 2.75) is 96.8 Å². The van der Waals surface area contributed by atoms with Crippen molar-refractivity contribution in [1.82, 2.24) is 10.2 Å². The number of benzene rings is 1. The minimum Gasteiger partial charge on any atom is -0.497 e. The number of carbonyl (C=O) groups excluding carboxylic acids is 1. The zero-order valence-electron chi connectivity index (χ0n) is 21.6. The summed E-state index contributed by atoms with van der Waals surface area (Å²) >= 11 is 0. The Kier molecular flexibility index (Phi) is 8.81. The molecule has 1 amide bonds. The summed E-state index contributed by atoms with van der Waals surface area (Å²) in [5.41, 5.74) is 0.673. The fourth-order valence-electron chi connectivity index (χ4n) is 3.60. The highest BCUT2D eigenvalue weighted by Gasteiger charge is 2.42. The molecule has 1 aliphatic heterocycles. The molecule has 32 heavy (non-hydrogen) atoms. The van der Waals surface area contributed by atoms with Crippen LogP contribution in [0.3, 0.4) is 0 Å². The van der Waals surface area contributed by atoms with Crippen molar-refractivity contribution in [1.29, 1.82) is 0 Å². The standard InChI is InChI=1S/C25H44N2O4Si/c1-24(2,3)30-23(28)27-15-14-22(31-32(8,9)25(4,5)6)16-20(27)18-26-17-19-10-12-21(29-7)13-11-19/h10-13,20,22,26H,14-18H2,1-9H3/t20-,22-/m0/s1. The number of amides is 1. The van der Waals surface area contributed by atoms with E-state index < -0.39 is 13.9 Å². The SMILES string of the molecule is COc1ccc(CNC[C@@H]2C[C@@H](O[Si](C)(C)C(C)(C)C)CCN2C(=O)OC(C)(C)C)cc1. The van der Waals surface area contributed by atoms with E-state index >= 15 is 0 Å². The molecular weight excluding hydrogens is 420 g/mol. The van der Waals surface area contributed by atoms with Gasteiger partial charge >= 0.3 is 6.09 Å². The molecule has 1 heterocycles. The van der Waals surface area contributed by atoms with Gasteiger partial charge in [-0.15, -0.1) is 0 Å². The summed E-state index contributed by atoms with van der Waals surface area (Å²) < 4.78 is 17.6. The Morgan fingerprint density at radius 2 is 1.75 bits per heavy atom. The maximum atomic E-state index is 12.9. The zero-order valence-corrected chi connectivity index (χ0v) is 22.6. The lowest BCUT2D eigenvalue weighted by Crippen LogP contribution is -2.55. The van der Waals surface area contributed by atoms with E-state index in [4.69, 9.17) is 13.9 Å². The number of hydrogen-bond acceptors (Lipinski definition) is 5. The number of rotatable bonds is 7. The first-order chi connectivity index (χ1) is 14.7. The molecule has 0 unspecified atom stereocenters. The van der Waals surface area contributed by atoms with Gasteiger partial charge in [0.25, 0.3) is 0 Å². The third-order valence-electron chi connectivity index (χ3n) is 6.43. The minimum atomic E-state index is -1.87. The van der Waals surface area contributed by atoms with Crippen LogP contribution in [0.25, 0.3) is 0 Å². The van der Waals surface area contributed by atoms with E-state index in [2.05, 4.69) is 51.3 Å². The maximum Gasteiger partial charge on any atom is 0.410 e. The molecule has 0 bridgehead atoms. The Morgan fingerprint density at radius 3 is 2.28 bits per heavy atom. The van der Waals surface area contributed by atoms with Crippen LogP contribution >= 0.6 is 0 Å². The Bertz CT molecular complexity index is 738. The summed E-state index contributed by atoms with van der Waals surface area (Å²) in [6.07, 6.45) is 1.60. The molecule has 182 valence electrons. The van der Waals surface area contributed by atoms with Gasteiger partial charge in [0.2, 0.25) is 0 Å². The summed E-state index contributed by atoms with van der Waals surface area (Å²) in [5, 5.41) is 3.70. The molecule has 1 aliphatic rings. The molecule has 0 aliphatic carbocycles. The van der Waals surface area contributed by atoms with Crippen LogP contribution in [0.1, 0.15) is 59.9 Å². The molecule has 0 radical (unpaired) electrons. The number of ether oxygens (including phenoxy) is 2. The molecule has 1 fully saturated rings. The van der Waals surface area contributed by atoms with Crippen LogP contribution in [-0.4, -0.2) is 57.3 Å². The molecular formula is C25H44N2O4Si. The van der Waals surface area contributed by atoms with E-state index in [1.54, 1.807) is 7.11 Å².